The molecule has 0 amide bonds. The van der Waals surface area contributed by atoms with Gasteiger partial charge >= 0.3 is 5.97 Å². The normalized spacial score (nSPS) is 13.0. The van der Waals surface area contributed by atoms with Gasteiger partial charge in [0.05, 0.1) is 0 Å². The average Bonchev–Trinajstić information content (AvgIpc) is 2.50. The molecule has 0 rings (SSSR count). The molecule has 1 unspecified atom stereocenters. The number of carboxylic acids is 1. The summed E-state index contributed by atoms with van der Waals surface area (Å²) in [7, 11) is 0. The minimum atomic E-state index is -0.855. The number of unbranched alkanes of at least 4 members (excludes halogenated alkanes) is 6. The zero-order valence-electron chi connectivity index (χ0n) is 14.3. The molecule has 1 N–H and O–H groups in total. The molecule has 0 spiro atoms. The van der Waals surface area contributed by atoms with Crippen molar-refractivity contribution >= 4 is 5.97 Å². The van der Waals surface area contributed by atoms with Gasteiger partial charge in [0.1, 0.15) is 0 Å². The monoisotopic (exact) mass is 306 g/mol. The molecular weight excluding hydrogens is 272 g/mol. The molecule has 0 saturated heterocycles. The van der Waals surface area contributed by atoms with Gasteiger partial charge < -0.3 is 5.11 Å². The molecule has 0 aliphatic carbocycles. The smallest absolute Gasteiger partial charge is 0.327 e. The highest BCUT2D eigenvalue weighted by Crippen LogP contribution is 2.17. The van der Waals surface area contributed by atoms with Gasteiger partial charge in [0.15, 0.2) is 0 Å². The lowest BCUT2D eigenvalue weighted by Gasteiger charge is -2.10. The predicted molar refractivity (Wildman–Crippen MR) is 96.1 cm³/mol. The summed E-state index contributed by atoms with van der Waals surface area (Å²) in [4.78, 5) is 10.3. The second kappa shape index (κ2) is 16.1. The number of carbonyl (C=O) groups is 1. The van der Waals surface area contributed by atoms with E-state index in [4.69, 9.17) is 5.11 Å². The largest absolute Gasteiger partial charge is 0.478 e. The van der Waals surface area contributed by atoms with Gasteiger partial charge in [-0.2, -0.15) is 0 Å². The van der Waals surface area contributed by atoms with E-state index in [1.54, 1.807) is 6.08 Å². The van der Waals surface area contributed by atoms with Crippen LogP contribution in [0.25, 0.3) is 0 Å². The van der Waals surface area contributed by atoms with Crippen LogP contribution < -0.4 is 0 Å². The van der Waals surface area contributed by atoms with Gasteiger partial charge in [-0.15, -0.1) is 6.58 Å². The average molecular weight is 306 g/mol. The molecule has 22 heavy (non-hydrogen) atoms. The van der Waals surface area contributed by atoms with Crippen molar-refractivity contribution in [2.45, 2.75) is 77.6 Å². The number of rotatable bonds is 15. The van der Waals surface area contributed by atoms with E-state index in [0.717, 1.165) is 32.1 Å². The van der Waals surface area contributed by atoms with Gasteiger partial charge in [0.2, 0.25) is 0 Å². The summed E-state index contributed by atoms with van der Waals surface area (Å²) in [6, 6.07) is 0. The van der Waals surface area contributed by atoms with Gasteiger partial charge in [-0.25, -0.2) is 4.79 Å². The van der Waals surface area contributed by atoms with Crippen molar-refractivity contribution in [3.8, 4) is 0 Å². The Morgan fingerprint density at radius 3 is 2.27 bits per heavy atom. The summed E-state index contributed by atoms with van der Waals surface area (Å²) in [5, 5.41) is 8.45. The Hall–Kier alpha value is -1.31. The fraction of sp³-hybridized carbons (Fsp3) is 0.650. The second-order valence-electron chi connectivity index (χ2n) is 5.92. The Labute approximate surface area is 137 Å². The van der Waals surface area contributed by atoms with Gasteiger partial charge in [0, 0.05) is 6.08 Å². The van der Waals surface area contributed by atoms with Crippen LogP contribution in [0.2, 0.25) is 0 Å². The van der Waals surface area contributed by atoms with Crippen molar-refractivity contribution in [1.29, 1.82) is 0 Å². The van der Waals surface area contributed by atoms with E-state index in [0.29, 0.717) is 5.92 Å². The Morgan fingerprint density at radius 1 is 0.955 bits per heavy atom. The van der Waals surface area contributed by atoms with E-state index in [-0.39, 0.29) is 0 Å². The van der Waals surface area contributed by atoms with Crippen LogP contribution in [0.4, 0.5) is 0 Å². The highest BCUT2D eigenvalue weighted by molar-refractivity contribution is 5.79. The van der Waals surface area contributed by atoms with E-state index in [2.05, 4.69) is 31.7 Å². The first-order valence-corrected chi connectivity index (χ1v) is 8.87. The van der Waals surface area contributed by atoms with Gasteiger partial charge in [-0.3, -0.25) is 0 Å². The maximum atomic E-state index is 10.3. The van der Waals surface area contributed by atoms with Crippen molar-refractivity contribution in [3.63, 3.8) is 0 Å². The fourth-order valence-electron chi connectivity index (χ4n) is 2.47. The molecule has 0 saturated carbocycles. The van der Waals surface area contributed by atoms with Crippen molar-refractivity contribution in [2.24, 2.45) is 5.92 Å². The molecule has 0 aromatic carbocycles. The standard InChI is InChI=1S/C20H34O2/c1-3-5-6-13-16-19(4-2)17-14-11-9-7-8-10-12-15-18-20(21)22/h4,9,11,15,18-19H,2-3,5-8,10,12-14,16-17H2,1H3,(H,21,22). The Bertz CT molecular complexity index is 329. The lowest BCUT2D eigenvalue weighted by Crippen LogP contribution is -1.95. The van der Waals surface area contributed by atoms with Crippen LogP contribution in [0, 0.1) is 5.92 Å². The topological polar surface area (TPSA) is 37.3 Å². The molecule has 2 nitrogen and oxygen atoms in total. The second-order valence-corrected chi connectivity index (χ2v) is 5.92. The summed E-state index contributed by atoms with van der Waals surface area (Å²) in [6.45, 7) is 6.21. The maximum absolute atomic E-state index is 10.3. The number of carboxylic acid groups (broad SMARTS) is 1. The van der Waals surface area contributed by atoms with E-state index >= 15 is 0 Å². The Kier molecular flexibility index (Phi) is 15.1. The maximum Gasteiger partial charge on any atom is 0.327 e. The predicted octanol–water partition coefficient (Wildman–Crippen LogP) is 6.30. The van der Waals surface area contributed by atoms with Crippen molar-refractivity contribution in [3.05, 3.63) is 37.0 Å². The first-order chi connectivity index (χ1) is 10.7. The first kappa shape index (κ1) is 20.7. The molecule has 0 bridgehead atoms. The van der Waals surface area contributed by atoms with Crippen LogP contribution in [-0.2, 0) is 4.79 Å². The number of hydrogen-bond acceptors (Lipinski definition) is 1. The quantitative estimate of drug-likeness (QED) is 0.219. The Balaban J connectivity index is 3.50. The molecule has 2 heteroatoms. The highest BCUT2D eigenvalue weighted by Gasteiger charge is 2.02. The SMILES string of the molecule is C=CC(CCC=CCCCCC=CC(=O)O)CCCCCC. The molecule has 126 valence electrons. The van der Waals surface area contributed by atoms with Crippen LogP contribution in [-0.4, -0.2) is 11.1 Å². The molecule has 0 heterocycles. The van der Waals surface area contributed by atoms with Crippen molar-refractivity contribution < 1.29 is 9.90 Å². The first-order valence-electron chi connectivity index (χ1n) is 8.87. The fourth-order valence-corrected chi connectivity index (χ4v) is 2.47. The van der Waals surface area contributed by atoms with E-state index in [9.17, 15) is 4.79 Å². The zero-order chi connectivity index (χ0) is 16.5. The van der Waals surface area contributed by atoms with Gasteiger partial charge in [-0.1, -0.05) is 56.9 Å². The van der Waals surface area contributed by atoms with Gasteiger partial charge in [0.25, 0.3) is 0 Å². The van der Waals surface area contributed by atoms with E-state index in [1.165, 1.54) is 44.6 Å². The van der Waals surface area contributed by atoms with Crippen molar-refractivity contribution in [2.75, 3.05) is 0 Å². The summed E-state index contributed by atoms with van der Waals surface area (Å²) in [5.41, 5.74) is 0. The Morgan fingerprint density at radius 2 is 1.64 bits per heavy atom. The third kappa shape index (κ3) is 15.1. The van der Waals surface area contributed by atoms with Crippen LogP contribution >= 0.6 is 0 Å². The molecule has 1 atom stereocenters. The third-order valence-electron chi connectivity index (χ3n) is 3.88. The minimum absolute atomic E-state index is 0.669. The number of aliphatic carboxylic acids is 1. The summed E-state index contributed by atoms with van der Waals surface area (Å²) >= 11 is 0. The molecule has 0 radical (unpaired) electrons. The summed E-state index contributed by atoms with van der Waals surface area (Å²) in [6.07, 6.45) is 22.7. The minimum Gasteiger partial charge on any atom is -0.478 e. The van der Waals surface area contributed by atoms with Crippen LogP contribution in [0.3, 0.4) is 0 Å². The molecule has 0 aliphatic heterocycles. The van der Waals surface area contributed by atoms with Crippen LogP contribution in [0.1, 0.15) is 77.6 Å². The highest BCUT2D eigenvalue weighted by atomic mass is 16.4. The lowest BCUT2D eigenvalue weighted by atomic mass is 9.96. The lowest BCUT2D eigenvalue weighted by molar-refractivity contribution is -0.131. The molecule has 0 aliphatic rings. The van der Waals surface area contributed by atoms with Crippen LogP contribution in [0.15, 0.2) is 37.0 Å². The number of allylic oxidation sites excluding steroid dienone is 4. The van der Waals surface area contributed by atoms with Crippen molar-refractivity contribution in [1.82, 2.24) is 0 Å². The summed E-state index contributed by atoms with van der Waals surface area (Å²) < 4.78 is 0. The van der Waals surface area contributed by atoms with Crippen LogP contribution in [0.5, 0.6) is 0 Å². The molecule has 0 aromatic rings. The van der Waals surface area contributed by atoms with Gasteiger partial charge in [-0.05, 0) is 50.9 Å². The zero-order valence-corrected chi connectivity index (χ0v) is 14.3. The summed E-state index contributed by atoms with van der Waals surface area (Å²) in [5.74, 6) is -0.186. The molecule has 0 aromatic heterocycles. The molecular formula is C20H34O2. The van der Waals surface area contributed by atoms with E-state index < -0.39 is 5.97 Å². The third-order valence-corrected chi connectivity index (χ3v) is 3.88. The molecule has 0 fully saturated rings. The number of hydrogen-bond donors (Lipinski definition) is 1. The van der Waals surface area contributed by atoms with E-state index in [1.807, 2.05) is 0 Å².